The molecule has 0 aliphatic carbocycles. The lowest BCUT2D eigenvalue weighted by Crippen LogP contribution is -2.35. The zero-order valence-electron chi connectivity index (χ0n) is 13.4. The molecule has 1 heterocycles. The third kappa shape index (κ3) is 2.92. The van der Waals surface area contributed by atoms with Crippen molar-refractivity contribution in [3.8, 4) is 0 Å². The summed E-state index contributed by atoms with van der Waals surface area (Å²) in [6.45, 7) is 4.29. The van der Waals surface area contributed by atoms with Crippen molar-refractivity contribution in [2.75, 3.05) is 4.90 Å². The van der Waals surface area contributed by atoms with E-state index >= 15 is 0 Å². The summed E-state index contributed by atoms with van der Waals surface area (Å²) in [5.74, 6) is 0.233. The molecule has 0 saturated carbocycles. The van der Waals surface area contributed by atoms with E-state index in [4.69, 9.17) is 0 Å². The summed E-state index contributed by atoms with van der Waals surface area (Å²) >= 11 is 0. The van der Waals surface area contributed by atoms with Crippen LogP contribution in [0.5, 0.6) is 0 Å². The smallest absolute Gasteiger partial charge is 0.227 e. The molecule has 0 saturated heterocycles. The monoisotopic (exact) mass is 293 g/mol. The van der Waals surface area contributed by atoms with E-state index in [9.17, 15) is 4.79 Å². The highest BCUT2D eigenvalue weighted by Gasteiger charge is 2.29. The number of anilines is 1. The summed E-state index contributed by atoms with van der Waals surface area (Å²) in [7, 11) is 0. The van der Waals surface area contributed by atoms with Crippen LogP contribution in [0, 0.1) is 0 Å². The van der Waals surface area contributed by atoms with Gasteiger partial charge in [0, 0.05) is 18.2 Å². The lowest BCUT2D eigenvalue weighted by molar-refractivity contribution is -0.118. The molecule has 0 spiro atoms. The van der Waals surface area contributed by atoms with Crippen LogP contribution in [0.1, 0.15) is 37.0 Å². The van der Waals surface area contributed by atoms with Gasteiger partial charge in [0.2, 0.25) is 5.91 Å². The number of amides is 1. The van der Waals surface area contributed by atoms with Gasteiger partial charge in [-0.15, -0.1) is 0 Å². The van der Waals surface area contributed by atoms with E-state index in [1.54, 1.807) is 0 Å². The van der Waals surface area contributed by atoms with E-state index in [2.05, 4.69) is 56.3 Å². The first-order valence-electron chi connectivity index (χ1n) is 8.17. The zero-order chi connectivity index (χ0) is 15.5. The molecule has 2 heteroatoms. The van der Waals surface area contributed by atoms with Crippen LogP contribution in [0.15, 0.2) is 48.5 Å². The molecule has 2 nitrogen and oxygen atoms in total. The van der Waals surface area contributed by atoms with Crippen molar-refractivity contribution in [3.63, 3.8) is 0 Å². The minimum absolute atomic E-state index is 0.233. The zero-order valence-corrected chi connectivity index (χ0v) is 13.4. The average Bonchev–Trinajstić information content (AvgIpc) is 2.89. The fourth-order valence-electron chi connectivity index (χ4n) is 3.26. The molecular formula is C20H23NO. The number of fused-ring (bicyclic) bond motifs is 1. The Kier molecular flexibility index (Phi) is 4.28. The van der Waals surface area contributed by atoms with E-state index in [0.29, 0.717) is 6.42 Å². The summed E-state index contributed by atoms with van der Waals surface area (Å²) in [6, 6.07) is 17.1. The molecule has 1 amide bonds. The molecule has 0 aromatic heterocycles. The Hall–Kier alpha value is -2.09. The fourth-order valence-corrected chi connectivity index (χ4v) is 3.26. The fraction of sp³-hybridized carbons (Fsp3) is 0.350. The van der Waals surface area contributed by atoms with E-state index in [0.717, 1.165) is 24.9 Å². The van der Waals surface area contributed by atoms with Crippen molar-refractivity contribution < 1.29 is 4.79 Å². The molecule has 0 fully saturated rings. The third-order valence-electron chi connectivity index (χ3n) is 4.53. The van der Waals surface area contributed by atoms with Crippen molar-refractivity contribution in [3.05, 3.63) is 65.2 Å². The average molecular weight is 293 g/mol. The minimum Gasteiger partial charge on any atom is -0.309 e. The van der Waals surface area contributed by atoms with Crippen LogP contribution in [-0.2, 0) is 24.1 Å². The van der Waals surface area contributed by atoms with Gasteiger partial charge >= 0.3 is 0 Å². The first-order valence-corrected chi connectivity index (χ1v) is 8.17. The molecule has 22 heavy (non-hydrogen) atoms. The van der Waals surface area contributed by atoms with Gasteiger partial charge in [0.1, 0.15) is 0 Å². The molecule has 1 aliphatic heterocycles. The van der Waals surface area contributed by atoms with Gasteiger partial charge < -0.3 is 4.90 Å². The summed E-state index contributed by atoms with van der Waals surface area (Å²) in [5.41, 5.74) is 4.97. The second-order valence-electron chi connectivity index (χ2n) is 6.12. The standard InChI is InChI=1S/C20H23NO/c1-3-16-8-10-17(11-9-16)12-13-20(22)21-15(2)14-18-6-4-5-7-19(18)21/h4-11,15H,3,12-14H2,1-2H3/t15-/m1/s1. The van der Waals surface area contributed by atoms with Crippen molar-refractivity contribution in [1.82, 2.24) is 0 Å². The van der Waals surface area contributed by atoms with E-state index < -0.39 is 0 Å². The van der Waals surface area contributed by atoms with Gasteiger partial charge in [-0.05, 0) is 48.9 Å². The van der Waals surface area contributed by atoms with E-state index in [-0.39, 0.29) is 11.9 Å². The molecule has 3 rings (SSSR count). The van der Waals surface area contributed by atoms with Gasteiger partial charge in [0.15, 0.2) is 0 Å². The Morgan fingerprint density at radius 3 is 2.50 bits per heavy atom. The highest BCUT2D eigenvalue weighted by molar-refractivity contribution is 5.96. The number of rotatable bonds is 4. The highest BCUT2D eigenvalue weighted by atomic mass is 16.2. The van der Waals surface area contributed by atoms with Crippen LogP contribution in [0.2, 0.25) is 0 Å². The number of aryl methyl sites for hydroxylation is 2. The first-order chi connectivity index (χ1) is 10.7. The van der Waals surface area contributed by atoms with Crippen LogP contribution in [0.4, 0.5) is 5.69 Å². The van der Waals surface area contributed by atoms with Gasteiger partial charge in [-0.1, -0.05) is 49.4 Å². The van der Waals surface area contributed by atoms with Crippen LogP contribution in [-0.4, -0.2) is 11.9 Å². The van der Waals surface area contributed by atoms with Crippen molar-refractivity contribution in [2.45, 2.75) is 45.6 Å². The highest BCUT2D eigenvalue weighted by Crippen LogP contribution is 2.32. The molecule has 0 N–H and O–H groups in total. The summed E-state index contributed by atoms with van der Waals surface area (Å²) in [5, 5.41) is 0. The predicted molar refractivity (Wildman–Crippen MR) is 91.2 cm³/mol. The quantitative estimate of drug-likeness (QED) is 0.829. The van der Waals surface area contributed by atoms with Crippen molar-refractivity contribution in [2.24, 2.45) is 0 Å². The van der Waals surface area contributed by atoms with E-state index in [1.165, 1.54) is 16.7 Å². The maximum atomic E-state index is 12.6. The second kappa shape index (κ2) is 6.35. The molecular weight excluding hydrogens is 270 g/mol. The van der Waals surface area contributed by atoms with Crippen LogP contribution >= 0.6 is 0 Å². The lowest BCUT2D eigenvalue weighted by Gasteiger charge is -2.22. The predicted octanol–water partition coefficient (Wildman–Crippen LogP) is 4.16. The number of para-hydroxylation sites is 1. The molecule has 2 aromatic rings. The normalized spacial score (nSPS) is 16.6. The number of hydrogen-bond acceptors (Lipinski definition) is 1. The van der Waals surface area contributed by atoms with E-state index in [1.807, 2.05) is 11.0 Å². The van der Waals surface area contributed by atoms with Crippen LogP contribution < -0.4 is 4.90 Å². The van der Waals surface area contributed by atoms with Crippen LogP contribution in [0.25, 0.3) is 0 Å². The molecule has 0 unspecified atom stereocenters. The molecule has 2 aromatic carbocycles. The Morgan fingerprint density at radius 2 is 1.77 bits per heavy atom. The maximum Gasteiger partial charge on any atom is 0.227 e. The number of nitrogens with zero attached hydrogens (tertiary/aromatic N) is 1. The largest absolute Gasteiger partial charge is 0.309 e. The Morgan fingerprint density at radius 1 is 1.09 bits per heavy atom. The second-order valence-corrected chi connectivity index (χ2v) is 6.12. The topological polar surface area (TPSA) is 20.3 Å². The van der Waals surface area contributed by atoms with Crippen molar-refractivity contribution >= 4 is 11.6 Å². The number of carbonyl (C=O) groups is 1. The summed E-state index contributed by atoms with van der Waals surface area (Å²) < 4.78 is 0. The maximum absolute atomic E-state index is 12.6. The Labute approximate surface area is 132 Å². The number of benzene rings is 2. The van der Waals surface area contributed by atoms with Gasteiger partial charge in [0.25, 0.3) is 0 Å². The first kappa shape index (κ1) is 14.8. The third-order valence-corrected chi connectivity index (χ3v) is 4.53. The molecule has 114 valence electrons. The molecule has 1 aliphatic rings. The lowest BCUT2D eigenvalue weighted by atomic mass is 10.1. The van der Waals surface area contributed by atoms with Gasteiger partial charge in [-0.3, -0.25) is 4.79 Å². The van der Waals surface area contributed by atoms with Gasteiger partial charge in [-0.25, -0.2) is 0 Å². The SMILES string of the molecule is CCc1ccc(CCC(=O)N2c3ccccc3C[C@H]2C)cc1. The molecule has 1 atom stereocenters. The minimum atomic E-state index is 0.233. The van der Waals surface area contributed by atoms with Gasteiger partial charge in [0.05, 0.1) is 0 Å². The Balaban J connectivity index is 1.67. The Bertz CT molecular complexity index is 660. The van der Waals surface area contributed by atoms with Crippen molar-refractivity contribution in [1.29, 1.82) is 0 Å². The molecule has 0 bridgehead atoms. The van der Waals surface area contributed by atoms with Gasteiger partial charge in [-0.2, -0.15) is 0 Å². The number of hydrogen-bond donors (Lipinski definition) is 0. The summed E-state index contributed by atoms with van der Waals surface area (Å²) in [4.78, 5) is 14.6. The summed E-state index contributed by atoms with van der Waals surface area (Å²) in [6.07, 6.45) is 3.41. The molecule has 0 radical (unpaired) electrons. The number of carbonyl (C=O) groups excluding carboxylic acids is 1. The van der Waals surface area contributed by atoms with Crippen LogP contribution in [0.3, 0.4) is 0 Å².